The van der Waals surface area contributed by atoms with E-state index in [1.165, 1.54) is 95.0 Å². The Bertz CT molecular complexity index is 3030. The fraction of sp³-hybridized carbons (Fsp3) is 0.0182. The van der Waals surface area contributed by atoms with Gasteiger partial charge in [0.2, 0.25) is 0 Å². The van der Waals surface area contributed by atoms with Crippen molar-refractivity contribution in [2.75, 3.05) is 14.7 Å². The van der Waals surface area contributed by atoms with Gasteiger partial charge in [-0.05, 0) is 140 Å². The minimum absolute atomic E-state index is 0.0468. The minimum atomic E-state index is 0.0468. The summed E-state index contributed by atoms with van der Waals surface area (Å²) in [7, 11) is 0. The maximum absolute atomic E-state index is 2.54. The summed E-state index contributed by atoms with van der Waals surface area (Å²) in [6, 6.07) is 76.2. The first-order chi connectivity index (χ1) is 29.3. The van der Waals surface area contributed by atoms with Crippen LogP contribution in [0.15, 0.2) is 206 Å². The van der Waals surface area contributed by atoms with E-state index < -0.39 is 0 Å². The number of para-hydroxylation sites is 3. The van der Waals surface area contributed by atoms with E-state index in [9.17, 15) is 0 Å². The Morgan fingerprint density at radius 3 is 1.07 bits per heavy atom. The molecule has 4 heteroatoms. The molecule has 1 aliphatic carbocycles. The summed E-state index contributed by atoms with van der Waals surface area (Å²) in [5.41, 5.74) is 25.4. The van der Waals surface area contributed by atoms with Crippen molar-refractivity contribution in [3.63, 3.8) is 0 Å². The highest BCUT2D eigenvalue weighted by Gasteiger charge is 2.49. The molecule has 0 saturated carbocycles. The first-order valence-corrected chi connectivity index (χ1v) is 20.6. The van der Waals surface area contributed by atoms with Crippen molar-refractivity contribution in [3.8, 4) is 33.4 Å². The van der Waals surface area contributed by atoms with Crippen LogP contribution in [0, 0.1) is 0 Å². The summed E-state index contributed by atoms with van der Waals surface area (Å²) < 4.78 is 0. The Hall–Kier alpha value is -7.56. The highest BCUT2D eigenvalue weighted by Crippen LogP contribution is 2.52. The number of hydrogen-bond donors (Lipinski definition) is 0. The minimum Gasteiger partial charge on any atom is -0.311 e. The first kappa shape index (κ1) is 32.5. The number of benzene rings is 9. The van der Waals surface area contributed by atoms with Crippen LogP contribution >= 0.6 is 0 Å². The van der Waals surface area contributed by atoms with Gasteiger partial charge in [0.15, 0.2) is 0 Å². The lowest BCUT2D eigenvalue weighted by Gasteiger charge is -2.49. The van der Waals surface area contributed by atoms with Crippen LogP contribution in [0.3, 0.4) is 0 Å². The molecule has 0 bridgehead atoms. The molecule has 9 aromatic carbocycles. The molecule has 3 aliphatic heterocycles. The van der Waals surface area contributed by atoms with Crippen LogP contribution in [-0.4, -0.2) is 6.71 Å². The molecule has 4 aliphatic rings. The Balaban J connectivity index is 1.11. The van der Waals surface area contributed by atoms with Crippen molar-refractivity contribution in [2.24, 2.45) is 0 Å². The van der Waals surface area contributed by atoms with Crippen molar-refractivity contribution < 1.29 is 0 Å². The van der Waals surface area contributed by atoms with Gasteiger partial charge in [-0.1, -0.05) is 133 Å². The molecule has 0 radical (unpaired) electrons. The van der Waals surface area contributed by atoms with E-state index in [4.69, 9.17) is 0 Å². The third-order valence-corrected chi connectivity index (χ3v) is 13.0. The summed E-state index contributed by atoms with van der Waals surface area (Å²) in [5, 5.41) is 0. The van der Waals surface area contributed by atoms with Crippen molar-refractivity contribution in [1.82, 2.24) is 0 Å². The summed E-state index contributed by atoms with van der Waals surface area (Å²) in [4.78, 5) is 7.56. The number of anilines is 9. The normalized spacial score (nSPS) is 13.6. The Morgan fingerprint density at radius 2 is 0.627 bits per heavy atom. The zero-order chi connectivity index (χ0) is 38.6. The second-order valence-electron chi connectivity index (χ2n) is 16.0. The molecule has 274 valence electrons. The SMILES string of the molecule is c1ccc(-c2cccc3c2Cc2c(-c4cc5c6c(c4)N(c4ccccc4)c4cccc7c4B6c4c(cccc4N5c4ccccc4)N7c4ccccc4)cccc2-3)cc1. The standard InChI is InChI=1S/C55H36BN3/c1-5-17-36(18-6-1)41-25-13-27-43-44-28-14-26-42(46(44)35-45(41)43)37-33-51-55-52(34-37)59(40-23-11-4-12-24-40)50-32-16-30-48-54(50)56(55)53-47(57(48)38-19-7-2-8-20-38)29-15-31-49(53)58(51)39-21-9-3-10-22-39/h1-34H,35H2. The van der Waals surface area contributed by atoms with Crippen molar-refractivity contribution >= 4 is 74.3 Å². The van der Waals surface area contributed by atoms with E-state index in [0.717, 1.165) is 23.5 Å². The van der Waals surface area contributed by atoms with E-state index in [1.54, 1.807) is 0 Å². The van der Waals surface area contributed by atoms with Crippen molar-refractivity contribution in [3.05, 3.63) is 217 Å². The molecule has 0 atom stereocenters. The lowest BCUT2D eigenvalue weighted by molar-refractivity contribution is 1.22. The van der Waals surface area contributed by atoms with Gasteiger partial charge in [-0.15, -0.1) is 0 Å². The van der Waals surface area contributed by atoms with E-state index in [-0.39, 0.29) is 6.71 Å². The molecule has 0 N–H and O–H groups in total. The van der Waals surface area contributed by atoms with Crippen LogP contribution in [0.5, 0.6) is 0 Å². The van der Waals surface area contributed by atoms with Gasteiger partial charge in [0.05, 0.1) is 0 Å². The highest BCUT2D eigenvalue weighted by molar-refractivity contribution is 7.02. The topological polar surface area (TPSA) is 9.72 Å². The quantitative estimate of drug-likeness (QED) is 0.162. The van der Waals surface area contributed by atoms with Crippen LogP contribution in [0.4, 0.5) is 51.2 Å². The summed E-state index contributed by atoms with van der Waals surface area (Å²) in [6.45, 7) is 0.0468. The van der Waals surface area contributed by atoms with Crippen LogP contribution in [0.25, 0.3) is 33.4 Å². The van der Waals surface area contributed by atoms with Crippen LogP contribution in [0.2, 0.25) is 0 Å². The average molecular weight is 750 g/mol. The smallest absolute Gasteiger partial charge is 0.257 e. The number of nitrogens with zero attached hydrogens (tertiary/aromatic N) is 3. The molecule has 0 spiro atoms. The van der Waals surface area contributed by atoms with E-state index in [1.807, 2.05) is 0 Å². The van der Waals surface area contributed by atoms with Gasteiger partial charge < -0.3 is 14.7 Å². The van der Waals surface area contributed by atoms with Gasteiger partial charge in [0.1, 0.15) is 0 Å². The molecule has 0 unspecified atom stereocenters. The number of fused-ring (bicyclic) bond motifs is 3. The molecular weight excluding hydrogens is 713 g/mol. The molecule has 59 heavy (non-hydrogen) atoms. The molecule has 9 aromatic rings. The van der Waals surface area contributed by atoms with E-state index >= 15 is 0 Å². The van der Waals surface area contributed by atoms with Gasteiger partial charge >= 0.3 is 0 Å². The lowest BCUT2D eigenvalue weighted by atomic mass is 9.31. The second kappa shape index (κ2) is 12.5. The summed E-state index contributed by atoms with van der Waals surface area (Å²) >= 11 is 0. The highest BCUT2D eigenvalue weighted by atomic mass is 15.2. The molecule has 13 rings (SSSR count). The third kappa shape index (κ3) is 4.60. The molecule has 0 amide bonds. The van der Waals surface area contributed by atoms with Crippen LogP contribution in [-0.2, 0) is 6.42 Å². The summed E-state index contributed by atoms with van der Waals surface area (Å²) in [5.74, 6) is 0. The Morgan fingerprint density at radius 1 is 0.288 bits per heavy atom. The predicted octanol–water partition coefficient (Wildman–Crippen LogP) is 12.5. The number of rotatable bonds is 5. The molecule has 0 fully saturated rings. The zero-order valence-electron chi connectivity index (χ0n) is 32.3. The van der Waals surface area contributed by atoms with Crippen molar-refractivity contribution in [1.29, 1.82) is 0 Å². The Labute approximate surface area is 344 Å². The van der Waals surface area contributed by atoms with E-state index in [0.29, 0.717) is 0 Å². The van der Waals surface area contributed by atoms with Crippen LogP contribution in [0.1, 0.15) is 11.1 Å². The van der Waals surface area contributed by atoms with Gasteiger partial charge in [-0.2, -0.15) is 0 Å². The molecule has 0 aromatic heterocycles. The fourth-order valence-electron chi connectivity index (χ4n) is 10.7. The lowest BCUT2D eigenvalue weighted by Crippen LogP contribution is -2.64. The monoisotopic (exact) mass is 749 g/mol. The van der Waals surface area contributed by atoms with Gasteiger partial charge in [0, 0.05) is 51.2 Å². The van der Waals surface area contributed by atoms with Gasteiger partial charge in [-0.3, -0.25) is 0 Å². The summed E-state index contributed by atoms with van der Waals surface area (Å²) in [6.07, 6.45) is 0.888. The maximum atomic E-state index is 2.54. The largest absolute Gasteiger partial charge is 0.311 e. The first-order valence-electron chi connectivity index (χ1n) is 20.6. The van der Waals surface area contributed by atoms with Crippen molar-refractivity contribution in [2.45, 2.75) is 6.42 Å². The maximum Gasteiger partial charge on any atom is 0.257 e. The van der Waals surface area contributed by atoms with Gasteiger partial charge in [0.25, 0.3) is 6.71 Å². The molecular formula is C55H36BN3. The number of hydrogen-bond acceptors (Lipinski definition) is 3. The predicted molar refractivity (Wildman–Crippen MR) is 248 cm³/mol. The zero-order valence-corrected chi connectivity index (χ0v) is 32.3. The fourth-order valence-corrected chi connectivity index (χ4v) is 10.7. The third-order valence-electron chi connectivity index (χ3n) is 13.0. The van der Waals surface area contributed by atoms with Crippen LogP contribution < -0.4 is 31.1 Å². The molecule has 3 heterocycles. The average Bonchev–Trinajstić information content (AvgIpc) is 3.69. The second-order valence-corrected chi connectivity index (χ2v) is 16.0. The van der Waals surface area contributed by atoms with E-state index in [2.05, 4.69) is 221 Å². The Kier molecular flexibility index (Phi) is 6.87. The van der Waals surface area contributed by atoms with Gasteiger partial charge in [-0.25, -0.2) is 0 Å². The molecule has 3 nitrogen and oxygen atoms in total. The molecule has 0 saturated heterocycles.